The van der Waals surface area contributed by atoms with Crippen molar-refractivity contribution in [2.24, 2.45) is 0 Å². The Bertz CT molecular complexity index is 977. The molecule has 7 nitrogen and oxygen atoms in total. The molecular formula is C19H23N5O2S. The van der Waals surface area contributed by atoms with E-state index in [9.17, 15) is 4.79 Å². The summed E-state index contributed by atoms with van der Waals surface area (Å²) < 4.78 is 9.17. The maximum absolute atomic E-state index is 12.7. The van der Waals surface area contributed by atoms with Crippen LogP contribution in [0.3, 0.4) is 0 Å². The fraction of sp³-hybridized carbons (Fsp3) is 0.368. The molecule has 0 saturated heterocycles. The van der Waals surface area contributed by atoms with Crippen LogP contribution in [-0.2, 0) is 6.54 Å². The normalized spacial score (nSPS) is 11.0. The van der Waals surface area contributed by atoms with Crippen molar-refractivity contribution in [1.29, 1.82) is 0 Å². The molecule has 3 aromatic rings. The third kappa shape index (κ3) is 3.75. The van der Waals surface area contributed by atoms with Crippen LogP contribution in [0.1, 0.15) is 34.2 Å². The first-order valence-electron chi connectivity index (χ1n) is 8.72. The molecule has 0 amide bonds. The predicted molar refractivity (Wildman–Crippen MR) is 105 cm³/mol. The highest BCUT2D eigenvalue weighted by molar-refractivity contribution is 7.99. The second-order valence-corrected chi connectivity index (χ2v) is 7.23. The summed E-state index contributed by atoms with van der Waals surface area (Å²) in [6.07, 6.45) is 0. The van der Waals surface area contributed by atoms with Crippen LogP contribution in [-0.4, -0.2) is 43.4 Å². The van der Waals surface area contributed by atoms with Crippen LogP contribution < -0.4 is 4.74 Å². The largest absolute Gasteiger partial charge is 0.494 e. The van der Waals surface area contributed by atoms with Gasteiger partial charge in [0.25, 0.3) is 0 Å². The van der Waals surface area contributed by atoms with Crippen molar-refractivity contribution in [1.82, 2.24) is 24.8 Å². The van der Waals surface area contributed by atoms with E-state index in [1.54, 1.807) is 11.8 Å². The third-order valence-corrected chi connectivity index (χ3v) is 5.45. The third-order valence-electron chi connectivity index (χ3n) is 4.53. The SMILES string of the molecule is CCn1c(C)cc(C(=O)CSc2nnnn2-c2cc(C)ccc2OC)c1C. The van der Waals surface area contributed by atoms with E-state index >= 15 is 0 Å². The Labute approximate surface area is 162 Å². The number of methoxy groups -OCH3 is 1. The van der Waals surface area contributed by atoms with Gasteiger partial charge in [-0.3, -0.25) is 4.79 Å². The van der Waals surface area contributed by atoms with Gasteiger partial charge in [0.15, 0.2) is 5.78 Å². The van der Waals surface area contributed by atoms with Crippen molar-refractivity contribution in [2.45, 2.75) is 39.4 Å². The molecule has 0 aliphatic rings. The Kier molecular flexibility index (Phi) is 5.65. The second kappa shape index (κ2) is 7.96. The van der Waals surface area contributed by atoms with Crippen molar-refractivity contribution in [3.05, 3.63) is 46.8 Å². The number of aromatic nitrogens is 5. The number of aryl methyl sites for hydroxylation is 2. The zero-order valence-corrected chi connectivity index (χ0v) is 17.0. The Morgan fingerprint density at radius 2 is 2.00 bits per heavy atom. The monoisotopic (exact) mass is 385 g/mol. The van der Waals surface area contributed by atoms with Crippen molar-refractivity contribution in [3.63, 3.8) is 0 Å². The van der Waals surface area contributed by atoms with E-state index in [1.165, 1.54) is 11.8 Å². The molecule has 2 heterocycles. The highest BCUT2D eigenvalue weighted by Crippen LogP contribution is 2.27. The van der Waals surface area contributed by atoms with Crippen molar-refractivity contribution in [2.75, 3.05) is 12.9 Å². The van der Waals surface area contributed by atoms with Gasteiger partial charge < -0.3 is 9.30 Å². The summed E-state index contributed by atoms with van der Waals surface area (Å²) >= 11 is 1.32. The van der Waals surface area contributed by atoms with E-state index in [2.05, 4.69) is 27.0 Å². The highest BCUT2D eigenvalue weighted by atomic mass is 32.2. The number of carbonyl (C=O) groups is 1. The lowest BCUT2D eigenvalue weighted by Crippen LogP contribution is -2.07. The first-order valence-corrected chi connectivity index (χ1v) is 9.71. The quantitative estimate of drug-likeness (QED) is 0.458. The number of ketones is 1. The van der Waals surface area contributed by atoms with Gasteiger partial charge in [-0.05, 0) is 61.9 Å². The van der Waals surface area contributed by atoms with Gasteiger partial charge in [0.1, 0.15) is 11.4 Å². The molecule has 0 aliphatic carbocycles. The molecule has 27 heavy (non-hydrogen) atoms. The summed E-state index contributed by atoms with van der Waals surface area (Å²) in [5.41, 5.74) is 4.68. The van der Waals surface area contributed by atoms with Gasteiger partial charge in [0.05, 0.1) is 12.9 Å². The average Bonchev–Trinajstić information content (AvgIpc) is 3.23. The minimum atomic E-state index is 0.0681. The number of benzene rings is 1. The van der Waals surface area contributed by atoms with Gasteiger partial charge in [-0.2, -0.15) is 4.68 Å². The number of ether oxygens (including phenoxy) is 1. The summed E-state index contributed by atoms with van der Waals surface area (Å²) in [6.45, 7) is 8.92. The first kappa shape index (κ1) is 19.2. The lowest BCUT2D eigenvalue weighted by molar-refractivity contribution is 0.102. The number of carbonyl (C=O) groups excluding carboxylic acids is 1. The van der Waals surface area contributed by atoms with Gasteiger partial charge in [-0.1, -0.05) is 17.8 Å². The van der Waals surface area contributed by atoms with Crippen LogP contribution in [0.2, 0.25) is 0 Å². The van der Waals surface area contributed by atoms with E-state index in [0.29, 0.717) is 10.9 Å². The van der Waals surface area contributed by atoms with E-state index in [1.807, 2.05) is 45.0 Å². The van der Waals surface area contributed by atoms with Crippen LogP contribution in [0.4, 0.5) is 0 Å². The van der Waals surface area contributed by atoms with Gasteiger partial charge in [-0.15, -0.1) is 5.10 Å². The molecule has 0 N–H and O–H groups in total. The molecule has 8 heteroatoms. The van der Waals surface area contributed by atoms with Crippen LogP contribution in [0.15, 0.2) is 29.4 Å². The Balaban J connectivity index is 1.82. The van der Waals surface area contributed by atoms with Crippen molar-refractivity contribution in [3.8, 4) is 11.4 Å². The fourth-order valence-corrected chi connectivity index (χ4v) is 3.93. The van der Waals surface area contributed by atoms with E-state index in [4.69, 9.17) is 4.74 Å². The lowest BCUT2D eigenvalue weighted by Gasteiger charge is -2.10. The van der Waals surface area contributed by atoms with Crippen LogP contribution >= 0.6 is 11.8 Å². The molecule has 142 valence electrons. The summed E-state index contributed by atoms with van der Waals surface area (Å²) in [5, 5.41) is 12.5. The molecular weight excluding hydrogens is 362 g/mol. The molecule has 0 saturated carbocycles. The summed E-state index contributed by atoms with van der Waals surface area (Å²) in [5.74, 6) is 1.01. The van der Waals surface area contributed by atoms with Gasteiger partial charge in [0.2, 0.25) is 5.16 Å². The first-order chi connectivity index (χ1) is 13.0. The second-order valence-electron chi connectivity index (χ2n) is 6.29. The van der Waals surface area contributed by atoms with E-state index in [0.717, 1.165) is 34.7 Å². The molecule has 2 aromatic heterocycles. The maximum atomic E-state index is 12.7. The Hall–Kier alpha value is -2.61. The molecule has 1 aromatic carbocycles. The van der Waals surface area contributed by atoms with Crippen LogP contribution in [0, 0.1) is 20.8 Å². The number of thioether (sulfide) groups is 1. The zero-order valence-electron chi connectivity index (χ0n) is 16.2. The van der Waals surface area contributed by atoms with Crippen molar-refractivity contribution < 1.29 is 9.53 Å². The number of hydrogen-bond acceptors (Lipinski definition) is 6. The fourth-order valence-electron chi connectivity index (χ4n) is 3.16. The highest BCUT2D eigenvalue weighted by Gasteiger charge is 2.18. The van der Waals surface area contributed by atoms with Gasteiger partial charge >= 0.3 is 0 Å². The number of tetrazole rings is 1. The maximum Gasteiger partial charge on any atom is 0.214 e. The number of nitrogens with zero attached hydrogens (tertiary/aromatic N) is 5. The zero-order chi connectivity index (χ0) is 19.6. The summed E-state index contributed by atoms with van der Waals surface area (Å²) in [7, 11) is 1.61. The average molecular weight is 385 g/mol. The van der Waals surface area contributed by atoms with Gasteiger partial charge in [-0.25, -0.2) is 0 Å². The summed E-state index contributed by atoms with van der Waals surface area (Å²) in [6, 6.07) is 7.75. The molecule has 0 unspecified atom stereocenters. The number of rotatable bonds is 7. The predicted octanol–water partition coefficient (Wildman–Crippen LogP) is 3.39. The smallest absolute Gasteiger partial charge is 0.214 e. The molecule has 0 fully saturated rings. The minimum Gasteiger partial charge on any atom is -0.494 e. The summed E-state index contributed by atoms with van der Waals surface area (Å²) in [4.78, 5) is 12.7. The standard InChI is InChI=1S/C19H23N5O2S/c1-6-23-13(3)10-15(14(23)4)17(25)11-27-19-20-21-22-24(19)16-9-12(2)7-8-18(16)26-5/h7-10H,6,11H2,1-5H3. The number of Topliss-reactive ketones (excluding diaryl/α,β-unsaturated/α-hetero) is 1. The minimum absolute atomic E-state index is 0.0681. The Morgan fingerprint density at radius 3 is 2.67 bits per heavy atom. The lowest BCUT2D eigenvalue weighted by atomic mass is 10.2. The molecule has 0 spiro atoms. The molecule has 0 radical (unpaired) electrons. The van der Waals surface area contributed by atoms with Crippen molar-refractivity contribution >= 4 is 17.5 Å². The molecule has 0 atom stereocenters. The van der Waals surface area contributed by atoms with E-state index < -0.39 is 0 Å². The Morgan fingerprint density at radius 1 is 1.22 bits per heavy atom. The topological polar surface area (TPSA) is 74.8 Å². The van der Waals surface area contributed by atoms with Gasteiger partial charge in [0, 0.05) is 23.5 Å². The van der Waals surface area contributed by atoms with Crippen LogP contribution in [0.25, 0.3) is 5.69 Å². The molecule has 0 bridgehead atoms. The van der Waals surface area contributed by atoms with Crippen LogP contribution in [0.5, 0.6) is 5.75 Å². The van der Waals surface area contributed by atoms with E-state index in [-0.39, 0.29) is 11.5 Å². The number of hydrogen-bond donors (Lipinski definition) is 0. The molecule has 3 rings (SSSR count). The molecule has 0 aliphatic heterocycles.